The van der Waals surface area contributed by atoms with Crippen molar-refractivity contribution >= 4 is 27.5 Å². The number of amides is 2. The molecular weight excluding hydrogens is 540 g/mol. The lowest BCUT2D eigenvalue weighted by Gasteiger charge is -2.32. The summed E-state index contributed by atoms with van der Waals surface area (Å²) in [6.45, 7) is 6.18. The molecule has 3 aromatic rings. The number of benzene rings is 3. The normalized spacial score (nSPS) is 12.1. The summed E-state index contributed by atoms with van der Waals surface area (Å²) in [5.41, 5.74) is 0.191. The smallest absolute Gasteiger partial charge is 0.264 e. The average Bonchev–Trinajstić information content (AvgIpc) is 2.91. The lowest BCUT2D eigenvalue weighted by Crippen LogP contribution is -2.52. The van der Waals surface area contributed by atoms with Gasteiger partial charge in [0.05, 0.1) is 17.2 Å². The molecule has 0 aliphatic carbocycles. The second-order valence-electron chi connectivity index (χ2n) is 9.34. The van der Waals surface area contributed by atoms with Crippen LogP contribution in [0.5, 0.6) is 5.75 Å². The van der Waals surface area contributed by atoms with Crippen LogP contribution in [0.1, 0.15) is 33.3 Å². The molecule has 0 radical (unpaired) electrons. The van der Waals surface area contributed by atoms with E-state index in [0.29, 0.717) is 12.4 Å². The Morgan fingerprint density at radius 1 is 0.925 bits per heavy atom. The van der Waals surface area contributed by atoms with E-state index < -0.39 is 46.1 Å². The number of rotatable bonds is 12. The van der Waals surface area contributed by atoms with E-state index in [1.165, 1.54) is 61.5 Å². The van der Waals surface area contributed by atoms with Crippen LogP contribution in [0.2, 0.25) is 0 Å². The van der Waals surface area contributed by atoms with Crippen LogP contribution in [0.3, 0.4) is 0 Å². The molecule has 3 aromatic carbocycles. The number of anilines is 1. The standard InChI is InChI=1S/C29H33F2N3O5S/c1-5-39-25-14-16-26(17-15-25)40(37,38)34(24-12-10-23(30)11-13-24)19-28(35)33(21(4)29(36)32-20(2)3)18-22-8-6-7-9-27(22)31/h6-17,20-21H,5,18-19H2,1-4H3,(H,32,36)/t21-/m1/s1. The van der Waals surface area contributed by atoms with Crippen molar-refractivity contribution < 1.29 is 31.5 Å². The van der Waals surface area contributed by atoms with Crippen LogP contribution in [-0.4, -0.2) is 50.4 Å². The van der Waals surface area contributed by atoms with Crippen molar-refractivity contribution in [2.24, 2.45) is 0 Å². The molecule has 0 aliphatic rings. The molecule has 214 valence electrons. The van der Waals surface area contributed by atoms with E-state index in [0.717, 1.165) is 21.3 Å². The molecule has 8 nitrogen and oxygen atoms in total. The maximum absolute atomic E-state index is 14.6. The van der Waals surface area contributed by atoms with E-state index in [4.69, 9.17) is 4.74 Å². The largest absolute Gasteiger partial charge is 0.494 e. The van der Waals surface area contributed by atoms with Crippen molar-refractivity contribution in [1.82, 2.24) is 10.2 Å². The Morgan fingerprint density at radius 2 is 1.55 bits per heavy atom. The van der Waals surface area contributed by atoms with Gasteiger partial charge in [-0.05, 0) is 82.3 Å². The lowest BCUT2D eigenvalue weighted by molar-refractivity contribution is -0.139. The molecular formula is C29H33F2N3O5S. The third-order valence-electron chi connectivity index (χ3n) is 6.01. The van der Waals surface area contributed by atoms with Gasteiger partial charge >= 0.3 is 0 Å². The zero-order valence-corrected chi connectivity index (χ0v) is 23.6. The van der Waals surface area contributed by atoms with Crippen LogP contribution in [0.15, 0.2) is 77.7 Å². The second kappa shape index (κ2) is 13.4. The first-order valence-corrected chi connectivity index (χ1v) is 14.2. The van der Waals surface area contributed by atoms with Crippen LogP contribution >= 0.6 is 0 Å². The van der Waals surface area contributed by atoms with Crippen molar-refractivity contribution in [3.63, 3.8) is 0 Å². The molecule has 0 saturated heterocycles. The predicted octanol–water partition coefficient (Wildman–Crippen LogP) is 4.50. The van der Waals surface area contributed by atoms with E-state index in [-0.39, 0.29) is 28.7 Å². The molecule has 0 spiro atoms. The molecule has 0 heterocycles. The monoisotopic (exact) mass is 573 g/mol. The molecule has 1 atom stereocenters. The molecule has 0 unspecified atom stereocenters. The minimum absolute atomic E-state index is 0.0359. The highest BCUT2D eigenvalue weighted by Crippen LogP contribution is 2.26. The van der Waals surface area contributed by atoms with Crippen molar-refractivity contribution in [1.29, 1.82) is 0 Å². The summed E-state index contributed by atoms with van der Waals surface area (Å²) in [4.78, 5) is 27.7. The summed E-state index contributed by atoms with van der Waals surface area (Å²) in [5.74, 6) is -1.94. The summed E-state index contributed by atoms with van der Waals surface area (Å²) in [5, 5.41) is 2.73. The van der Waals surface area contributed by atoms with Gasteiger partial charge in [0.1, 0.15) is 30.0 Å². The van der Waals surface area contributed by atoms with E-state index >= 15 is 0 Å². The predicted molar refractivity (Wildman–Crippen MR) is 148 cm³/mol. The number of ether oxygens (including phenoxy) is 1. The average molecular weight is 574 g/mol. The number of carbonyl (C=O) groups is 2. The fourth-order valence-corrected chi connectivity index (χ4v) is 5.35. The Bertz CT molecular complexity index is 1410. The van der Waals surface area contributed by atoms with Crippen LogP contribution in [-0.2, 0) is 26.2 Å². The molecule has 0 bridgehead atoms. The first-order chi connectivity index (χ1) is 18.9. The summed E-state index contributed by atoms with van der Waals surface area (Å²) in [6, 6.07) is 14.8. The molecule has 3 rings (SSSR count). The second-order valence-corrected chi connectivity index (χ2v) is 11.2. The number of hydrogen-bond acceptors (Lipinski definition) is 5. The van der Waals surface area contributed by atoms with E-state index in [1.807, 2.05) is 0 Å². The quantitative estimate of drug-likeness (QED) is 0.344. The van der Waals surface area contributed by atoms with Crippen LogP contribution in [0, 0.1) is 11.6 Å². The third-order valence-corrected chi connectivity index (χ3v) is 7.80. The van der Waals surface area contributed by atoms with Gasteiger partial charge in [-0.2, -0.15) is 0 Å². The summed E-state index contributed by atoms with van der Waals surface area (Å²) in [7, 11) is -4.34. The zero-order chi connectivity index (χ0) is 29.4. The summed E-state index contributed by atoms with van der Waals surface area (Å²) in [6.07, 6.45) is 0. The maximum atomic E-state index is 14.6. The first-order valence-electron chi connectivity index (χ1n) is 12.8. The van der Waals surface area contributed by atoms with Crippen molar-refractivity contribution in [3.8, 4) is 5.75 Å². The van der Waals surface area contributed by atoms with Crippen LogP contribution in [0.4, 0.5) is 14.5 Å². The van der Waals surface area contributed by atoms with Crippen LogP contribution < -0.4 is 14.4 Å². The first kappa shape index (κ1) is 30.6. The van der Waals surface area contributed by atoms with E-state index in [9.17, 15) is 26.8 Å². The number of sulfonamides is 1. The topological polar surface area (TPSA) is 96.0 Å². The molecule has 11 heteroatoms. The van der Waals surface area contributed by atoms with Gasteiger partial charge < -0.3 is 15.0 Å². The molecule has 2 amide bonds. The number of carbonyl (C=O) groups excluding carboxylic acids is 2. The minimum Gasteiger partial charge on any atom is -0.494 e. The Hall–Kier alpha value is -3.99. The Labute approximate surface area is 233 Å². The molecule has 1 N–H and O–H groups in total. The Kier molecular flexibility index (Phi) is 10.2. The molecule has 0 saturated carbocycles. The number of nitrogens with one attached hydrogen (secondary N) is 1. The molecule has 0 fully saturated rings. The van der Waals surface area contributed by atoms with Gasteiger partial charge in [-0.25, -0.2) is 17.2 Å². The number of hydrogen-bond donors (Lipinski definition) is 1. The highest BCUT2D eigenvalue weighted by atomic mass is 32.2. The Balaban J connectivity index is 2.03. The lowest BCUT2D eigenvalue weighted by atomic mass is 10.1. The molecule has 0 aromatic heterocycles. The Morgan fingerprint density at radius 3 is 2.12 bits per heavy atom. The molecule has 40 heavy (non-hydrogen) atoms. The van der Waals surface area contributed by atoms with Gasteiger partial charge in [0.25, 0.3) is 10.0 Å². The SMILES string of the molecule is CCOc1ccc(S(=O)(=O)N(CC(=O)N(Cc2ccccc2F)[C@H](C)C(=O)NC(C)C)c2ccc(F)cc2)cc1. The van der Waals surface area contributed by atoms with Crippen molar-refractivity contribution in [2.45, 2.75) is 51.2 Å². The van der Waals surface area contributed by atoms with Gasteiger partial charge in [-0.3, -0.25) is 13.9 Å². The van der Waals surface area contributed by atoms with Gasteiger partial charge in [0.15, 0.2) is 0 Å². The van der Waals surface area contributed by atoms with Crippen molar-refractivity contribution in [3.05, 3.63) is 90.0 Å². The van der Waals surface area contributed by atoms with Gasteiger partial charge in [0, 0.05) is 18.2 Å². The zero-order valence-electron chi connectivity index (χ0n) is 22.8. The van der Waals surface area contributed by atoms with Crippen molar-refractivity contribution in [2.75, 3.05) is 17.5 Å². The summed E-state index contributed by atoms with van der Waals surface area (Å²) >= 11 is 0. The highest BCUT2D eigenvalue weighted by Gasteiger charge is 2.33. The molecule has 0 aliphatic heterocycles. The van der Waals surface area contributed by atoms with E-state index in [1.54, 1.807) is 26.8 Å². The number of halogens is 2. The summed E-state index contributed by atoms with van der Waals surface area (Å²) < 4.78 is 62.1. The minimum atomic E-state index is -4.34. The fourth-order valence-electron chi connectivity index (χ4n) is 3.94. The third kappa shape index (κ3) is 7.56. The van der Waals surface area contributed by atoms with Crippen LogP contribution in [0.25, 0.3) is 0 Å². The highest BCUT2D eigenvalue weighted by molar-refractivity contribution is 7.92. The fraction of sp³-hybridized carbons (Fsp3) is 0.310. The number of nitrogens with zero attached hydrogens (tertiary/aromatic N) is 2. The van der Waals surface area contributed by atoms with E-state index in [2.05, 4.69) is 5.32 Å². The van der Waals surface area contributed by atoms with Gasteiger partial charge in [0.2, 0.25) is 11.8 Å². The maximum Gasteiger partial charge on any atom is 0.264 e. The van der Waals surface area contributed by atoms with Gasteiger partial charge in [-0.1, -0.05) is 18.2 Å². The van der Waals surface area contributed by atoms with Gasteiger partial charge in [-0.15, -0.1) is 0 Å².